The number of carbonyl (C=O) groups is 1. The highest BCUT2D eigenvalue weighted by Crippen LogP contribution is 2.69. The smallest absolute Gasteiger partial charge is 0.157 e. The van der Waals surface area contributed by atoms with E-state index in [0.717, 1.165) is 56.5 Å². The van der Waals surface area contributed by atoms with Crippen molar-refractivity contribution in [2.24, 2.45) is 46.3 Å². The van der Waals surface area contributed by atoms with E-state index >= 15 is 0 Å². The molecular weight excluding hydrogens is 496 g/mol. The van der Waals surface area contributed by atoms with E-state index in [1.807, 2.05) is 0 Å². The molecule has 1 saturated heterocycles. The summed E-state index contributed by atoms with van der Waals surface area (Å²) in [5.74, 6) is 4.13. The number of fused-ring (bicyclic) bond motifs is 5. The van der Waals surface area contributed by atoms with Gasteiger partial charge in [0, 0.05) is 13.0 Å². The molecule has 11 atom stereocenters. The van der Waals surface area contributed by atoms with E-state index in [4.69, 9.17) is 14.2 Å². The van der Waals surface area contributed by atoms with Crippen molar-refractivity contribution in [3.8, 4) is 0 Å². The third-order valence-electron chi connectivity index (χ3n) is 12.9. The molecule has 0 bridgehead atoms. The van der Waals surface area contributed by atoms with Gasteiger partial charge in [-0.1, -0.05) is 51.1 Å². The molecule has 40 heavy (non-hydrogen) atoms. The molecule has 4 aliphatic carbocycles. The Bertz CT molecular complexity index is 974. The van der Waals surface area contributed by atoms with Gasteiger partial charge < -0.3 is 19.0 Å². The van der Waals surface area contributed by atoms with E-state index in [9.17, 15) is 4.79 Å². The first-order chi connectivity index (χ1) is 19.4. The van der Waals surface area contributed by atoms with Gasteiger partial charge in [-0.15, -0.1) is 0 Å². The monoisotopic (exact) mass is 550 g/mol. The molecule has 0 aromatic heterocycles. The average Bonchev–Trinajstić information content (AvgIpc) is 3.33. The SMILES string of the molecule is C[C@@H](CCC=O)[C@H]1CCC2C3C(OCc4ccccc4)CC4C[C@@H](OC5CCCCO5)CC[C@]4(C)C3CC[C@@]21C. The van der Waals surface area contributed by atoms with Gasteiger partial charge in [0.1, 0.15) is 6.29 Å². The quantitative estimate of drug-likeness (QED) is 0.229. The van der Waals surface area contributed by atoms with Crippen LogP contribution in [0.25, 0.3) is 0 Å². The largest absolute Gasteiger partial charge is 0.373 e. The van der Waals surface area contributed by atoms with Crippen LogP contribution in [0.15, 0.2) is 30.3 Å². The molecule has 4 saturated carbocycles. The highest BCUT2D eigenvalue weighted by atomic mass is 16.7. The summed E-state index contributed by atoms with van der Waals surface area (Å²) in [6.07, 6.45) is 17.1. The lowest BCUT2D eigenvalue weighted by Gasteiger charge is -2.63. The molecule has 1 aromatic carbocycles. The second-order valence-electron chi connectivity index (χ2n) is 14.8. The minimum absolute atomic E-state index is 0.0107. The summed E-state index contributed by atoms with van der Waals surface area (Å²) < 4.78 is 19.6. The summed E-state index contributed by atoms with van der Waals surface area (Å²) in [5.41, 5.74) is 2.05. The fourth-order valence-electron chi connectivity index (χ4n) is 10.8. The molecule has 6 rings (SSSR count). The van der Waals surface area contributed by atoms with Crippen molar-refractivity contribution in [1.82, 2.24) is 0 Å². The van der Waals surface area contributed by atoms with Gasteiger partial charge in [0.2, 0.25) is 0 Å². The highest BCUT2D eigenvalue weighted by molar-refractivity contribution is 5.49. The molecule has 0 radical (unpaired) electrons. The Labute approximate surface area is 243 Å². The zero-order valence-corrected chi connectivity index (χ0v) is 25.4. The number of rotatable bonds is 9. The third-order valence-corrected chi connectivity index (χ3v) is 12.9. The van der Waals surface area contributed by atoms with Crippen LogP contribution in [0, 0.1) is 46.3 Å². The second kappa shape index (κ2) is 12.2. The number of aldehydes is 1. The highest BCUT2D eigenvalue weighted by Gasteiger charge is 2.63. The maximum Gasteiger partial charge on any atom is 0.157 e. The van der Waals surface area contributed by atoms with Crippen LogP contribution in [0.5, 0.6) is 0 Å². The summed E-state index contributed by atoms with van der Waals surface area (Å²) in [5, 5.41) is 0. The van der Waals surface area contributed by atoms with Gasteiger partial charge in [0.05, 0.1) is 18.8 Å². The van der Waals surface area contributed by atoms with Crippen LogP contribution in [-0.2, 0) is 25.6 Å². The molecule has 5 aliphatic rings. The van der Waals surface area contributed by atoms with Gasteiger partial charge in [-0.25, -0.2) is 0 Å². The number of carbonyl (C=O) groups excluding carboxylic acids is 1. The number of hydrogen-bond acceptors (Lipinski definition) is 4. The molecule has 4 nitrogen and oxygen atoms in total. The number of ether oxygens (including phenoxy) is 3. The molecule has 4 heteroatoms. The van der Waals surface area contributed by atoms with Crippen LogP contribution in [0.1, 0.15) is 110 Å². The fraction of sp³-hybridized carbons (Fsp3) is 0.806. The van der Waals surface area contributed by atoms with Gasteiger partial charge in [0.25, 0.3) is 0 Å². The first-order valence-electron chi connectivity index (χ1n) is 16.8. The van der Waals surface area contributed by atoms with E-state index in [1.54, 1.807) is 0 Å². The second-order valence-corrected chi connectivity index (χ2v) is 14.8. The van der Waals surface area contributed by atoms with E-state index < -0.39 is 0 Å². The molecular formula is C36H54O4. The predicted octanol–water partition coefficient (Wildman–Crippen LogP) is 8.37. The number of benzene rings is 1. The molecule has 0 amide bonds. The number of hydrogen-bond donors (Lipinski definition) is 0. The average molecular weight is 551 g/mol. The Balaban J connectivity index is 1.23. The zero-order chi connectivity index (χ0) is 27.7. The fourth-order valence-corrected chi connectivity index (χ4v) is 10.8. The lowest BCUT2D eigenvalue weighted by Crippen LogP contribution is -2.59. The first-order valence-corrected chi connectivity index (χ1v) is 16.8. The zero-order valence-electron chi connectivity index (χ0n) is 25.4. The summed E-state index contributed by atoms with van der Waals surface area (Å²) in [7, 11) is 0. The molecule has 0 N–H and O–H groups in total. The van der Waals surface area contributed by atoms with Crippen LogP contribution < -0.4 is 0 Å². The third kappa shape index (κ3) is 5.47. The van der Waals surface area contributed by atoms with Gasteiger partial charge in [-0.05, 0) is 129 Å². The molecule has 6 unspecified atom stereocenters. The lowest BCUT2D eigenvalue weighted by molar-refractivity contribution is -0.226. The van der Waals surface area contributed by atoms with E-state index in [0.29, 0.717) is 47.2 Å². The molecule has 222 valence electrons. The van der Waals surface area contributed by atoms with Crippen molar-refractivity contribution < 1.29 is 19.0 Å². The molecule has 5 fully saturated rings. The van der Waals surface area contributed by atoms with Gasteiger partial charge in [-0.3, -0.25) is 0 Å². The lowest BCUT2D eigenvalue weighted by atomic mass is 9.43. The Kier molecular flexibility index (Phi) is 8.79. The van der Waals surface area contributed by atoms with Gasteiger partial charge in [0.15, 0.2) is 6.29 Å². The van der Waals surface area contributed by atoms with Crippen LogP contribution in [-0.4, -0.2) is 31.4 Å². The van der Waals surface area contributed by atoms with Gasteiger partial charge in [-0.2, -0.15) is 0 Å². The minimum atomic E-state index is 0.0107. The Morgan fingerprint density at radius 2 is 1.77 bits per heavy atom. The summed E-state index contributed by atoms with van der Waals surface area (Å²) in [6.45, 7) is 9.27. The van der Waals surface area contributed by atoms with Crippen molar-refractivity contribution in [2.75, 3.05) is 6.61 Å². The van der Waals surface area contributed by atoms with E-state index in [2.05, 4.69) is 51.1 Å². The Hall–Kier alpha value is -1.23. The van der Waals surface area contributed by atoms with Crippen LogP contribution in [0.2, 0.25) is 0 Å². The van der Waals surface area contributed by atoms with Crippen molar-refractivity contribution in [3.05, 3.63) is 35.9 Å². The molecule has 1 aromatic rings. The van der Waals surface area contributed by atoms with Crippen molar-refractivity contribution in [2.45, 2.75) is 129 Å². The van der Waals surface area contributed by atoms with Crippen molar-refractivity contribution >= 4 is 6.29 Å². The first kappa shape index (κ1) is 28.9. The van der Waals surface area contributed by atoms with Crippen LogP contribution >= 0.6 is 0 Å². The summed E-state index contributed by atoms with van der Waals surface area (Å²) in [4.78, 5) is 11.2. The van der Waals surface area contributed by atoms with E-state index in [-0.39, 0.29) is 6.29 Å². The van der Waals surface area contributed by atoms with Crippen molar-refractivity contribution in [1.29, 1.82) is 0 Å². The minimum Gasteiger partial charge on any atom is -0.373 e. The van der Waals surface area contributed by atoms with Crippen LogP contribution in [0.3, 0.4) is 0 Å². The van der Waals surface area contributed by atoms with Crippen molar-refractivity contribution in [3.63, 3.8) is 0 Å². The normalized spacial score (nSPS) is 43.8. The molecule has 1 heterocycles. The summed E-state index contributed by atoms with van der Waals surface area (Å²) >= 11 is 0. The van der Waals surface area contributed by atoms with E-state index in [1.165, 1.54) is 63.4 Å². The van der Waals surface area contributed by atoms with Crippen LogP contribution in [0.4, 0.5) is 0 Å². The topological polar surface area (TPSA) is 44.8 Å². The molecule has 0 spiro atoms. The Morgan fingerprint density at radius 1 is 0.975 bits per heavy atom. The predicted molar refractivity (Wildman–Crippen MR) is 159 cm³/mol. The summed E-state index contributed by atoms with van der Waals surface area (Å²) in [6, 6.07) is 10.8. The maximum atomic E-state index is 11.2. The maximum absolute atomic E-state index is 11.2. The van der Waals surface area contributed by atoms with Gasteiger partial charge >= 0.3 is 0 Å². The standard InChI is InChI=1S/C36H54O4/c1-25(10-9-20-37)29-14-15-30-34-31(17-19-36(29,30)3)35(2)18-16-28(40-33-13-7-8-21-38-33)22-27(35)23-32(34)39-24-26-11-5-4-6-12-26/h4-6,11-12,20,25,27-34H,7-10,13-19,21-24H2,1-3H3/t25-,27?,28-,29+,30?,31?,32?,33?,34?,35-,36+/m0/s1. The Morgan fingerprint density at radius 3 is 2.55 bits per heavy atom. The molecule has 1 aliphatic heterocycles.